The molecular formula is C70H83F6N11O9SSi. The highest BCUT2D eigenvalue weighted by Crippen LogP contribution is 2.38. The summed E-state index contributed by atoms with van der Waals surface area (Å²) in [6.07, 6.45) is 9.17. The Bertz CT molecular complexity index is 4440. The van der Waals surface area contributed by atoms with Gasteiger partial charge >= 0.3 is 12.1 Å². The molecule has 10 aromatic rings. The van der Waals surface area contributed by atoms with E-state index in [1.807, 2.05) is 13.8 Å². The SMILES string of the molecule is CC(C)[SiH](C(C)C)C(C)C.CCCCNC(=O)Nc1ccc(F)c(C(O)c2c[nH]c3ncc(OC)cc23)c1F.CCCCNC(=O)Nc1ccc(F)c(Cc2c[nH]c3ncc(OC)cc23)c1F.COc1cccc(S(=O)(=O)Nc2ccc(F)c(C(O)c3c[nH]c4ncccc34)c2F)c1. The summed E-state index contributed by atoms with van der Waals surface area (Å²) in [5.74, 6) is -4.42. The molecule has 0 saturated heterocycles. The molecule has 2 unspecified atom stereocenters. The predicted molar refractivity (Wildman–Crippen MR) is 371 cm³/mol. The smallest absolute Gasteiger partial charge is 0.319 e. The maximum atomic E-state index is 15.2. The third-order valence-electron chi connectivity index (χ3n) is 16.1. The molecule has 10 rings (SSSR count). The molecule has 6 heterocycles. The fourth-order valence-corrected chi connectivity index (χ4v) is 17.1. The van der Waals surface area contributed by atoms with Crippen molar-refractivity contribution in [3.8, 4) is 17.2 Å². The molecule has 20 nitrogen and oxygen atoms in total. The number of nitrogens with one attached hydrogen (secondary N) is 8. The number of aromatic amines is 3. The molecular weight excluding hydrogens is 1310 g/mol. The van der Waals surface area contributed by atoms with Crippen LogP contribution in [0.4, 0.5) is 53.0 Å². The van der Waals surface area contributed by atoms with Crippen molar-refractivity contribution < 1.29 is 68.8 Å². The molecule has 4 aromatic carbocycles. The Morgan fingerprint density at radius 1 is 0.551 bits per heavy atom. The number of pyridine rings is 3. The first-order valence-electron chi connectivity index (χ1n) is 31.8. The second-order valence-corrected chi connectivity index (χ2v) is 30.7. The predicted octanol–water partition coefficient (Wildman–Crippen LogP) is 15.4. The number of H-pyrrole nitrogens is 3. The zero-order valence-corrected chi connectivity index (χ0v) is 58.2. The first-order valence-corrected chi connectivity index (χ1v) is 35.2. The van der Waals surface area contributed by atoms with E-state index in [0.29, 0.717) is 69.0 Å². The fraction of sp³-hybridized carbons (Fsp3) is 0.329. The van der Waals surface area contributed by atoms with E-state index in [1.54, 1.807) is 42.7 Å². The number of ether oxygens (including phenoxy) is 3. The Hall–Kier alpha value is -9.64. The Balaban J connectivity index is 0.000000193. The lowest BCUT2D eigenvalue weighted by Crippen LogP contribution is -2.30. The first kappa shape index (κ1) is 75.7. The summed E-state index contributed by atoms with van der Waals surface area (Å²) in [7, 11) is -0.288. The number of hydrogen-bond acceptors (Lipinski definition) is 12. The third-order valence-corrected chi connectivity index (χ3v) is 22.0. The highest BCUT2D eigenvalue weighted by molar-refractivity contribution is 7.92. The van der Waals surface area contributed by atoms with Gasteiger partial charge in [-0.05, 0) is 91.2 Å². The van der Waals surface area contributed by atoms with E-state index in [-0.39, 0.29) is 39.4 Å². The summed E-state index contributed by atoms with van der Waals surface area (Å²) in [5, 5.41) is 33.1. The number of aliphatic hydroxyl groups excluding tert-OH is 2. The molecule has 0 saturated carbocycles. The van der Waals surface area contributed by atoms with E-state index in [9.17, 15) is 50.2 Å². The van der Waals surface area contributed by atoms with E-state index in [0.717, 1.165) is 72.6 Å². The Kier molecular flexibility index (Phi) is 27.1. The maximum absolute atomic E-state index is 15.2. The third kappa shape index (κ3) is 18.9. The molecule has 0 aliphatic heterocycles. The number of carbonyl (C=O) groups excluding carboxylic acids is 2. The number of rotatable bonds is 23. The van der Waals surface area contributed by atoms with Gasteiger partial charge in [0.2, 0.25) is 0 Å². The molecule has 98 heavy (non-hydrogen) atoms. The number of methoxy groups -OCH3 is 3. The maximum Gasteiger partial charge on any atom is 0.319 e. The summed E-state index contributed by atoms with van der Waals surface area (Å²) in [6, 6.07) is 17.4. The monoisotopic (exact) mass is 1400 g/mol. The molecule has 0 spiro atoms. The van der Waals surface area contributed by atoms with Crippen molar-refractivity contribution in [1.29, 1.82) is 0 Å². The molecule has 524 valence electrons. The van der Waals surface area contributed by atoms with Crippen LogP contribution >= 0.6 is 0 Å². The fourth-order valence-electron chi connectivity index (χ4n) is 11.4. The van der Waals surface area contributed by atoms with Gasteiger partial charge in [0.25, 0.3) is 10.0 Å². The first-order chi connectivity index (χ1) is 46.8. The second-order valence-electron chi connectivity index (χ2n) is 23.8. The summed E-state index contributed by atoms with van der Waals surface area (Å²) in [6.45, 7) is 19.2. The normalized spacial score (nSPS) is 11.9. The average Bonchev–Trinajstić information content (AvgIpc) is 1.43. The van der Waals surface area contributed by atoms with Gasteiger partial charge in [-0.1, -0.05) is 90.9 Å². The minimum atomic E-state index is -4.20. The second kappa shape index (κ2) is 35.0. The van der Waals surface area contributed by atoms with Gasteiger partial charge < -0.3 is 60.6 Å². The van der Waals surface area contributed by atoms with Crippen LogP contribution in [-0.4, -0.2) is 104 Å². The van der Waals surface area contributed by atoms with Crippen molar-refractivity contribution in [2.45, 2.75) is 121 Å². The Labute approximate surface area is 566 Å². The van der Waals surface area contributed by atoms with Gasteiger partial charge in [-0.3, -0.25) is 4.72 Å². The van der Waals surface area contributed by atoms with Crippen molar-refractivity contribution in [3.05, 3.63) is 190 Å². The number of unbranched alkanes of at least 4 members (excludes halogenated alkanes) is 2. The highest BCUT2D eigenvalue weighted by atomic mass is 32.2. The van der Waals surface area contributed by atoms with Gasteiger partial charge in [0, 0.05) is 92.0 Å². The highest BCUT2D eigenvalue weighted by Gasteiger charge is 2.29. The van der Waals surface area contributed by atoms with Crippen LogP contribution in [0.3, 0.4) is 0 Å². The number of hydrogen-bond donors (Lipinski definition) is 10. The van der Waals surface area contributed by atoms with Crippen molar-refractivity contribution in [1.82, 2.24) is 40.5 Å². The van der Waals surface area contributed by atoms with Crippen LogP contribution in [0.5, 0.6) is 17.2 Å². The quantitative estimate of drug-likeness (QED) is 0.0163. The Morgan fingerprint density at radius 3 is 1.54 bits per heavy atom. The van der Waals surface area contributed by atoms with E-state index >= 15 is 4.39 Å². The number of sulfonamides is 1. The van der Waals surface area contributed by atoms with Gasteiger partial charge in [0.1, 0.15) is 63.8 Å². The van der Waals surface area contributed by atoms with Gasteiger partial charge in [-0.25, -0.2) is 59.3 Å². The minimum absolute atomic E-state index is 0.000508. The van der Waals surface area contributed by atoms with E-state index in [1.165, 1.54) is 70.4 Å². The molecule has 6 aromatic heterocycles. The molecule has 0 aliphatic rings. The van der Waals surface area contributed by atoms with Crippen LogP contribution in [0, 0.1) is 34.9 Å². The van der Waals surface area contributed by atoms with Crippen LogP contribution < -0.4 is 40.2 Å². The molecule has 2 atom stereocenters. The summed E-state index contributed by atoms with van der Waals surface area (Å²) >= 11 is 0. The number of benzene rings is 4. The summed E-state index contributed by atoms with van der Waals surface area (Å²) < 4.78 is 131. The average molecular weight is 1400 g/mol. The molecule has 10 N–H and O–H groups in total. The van der Waals surface area contributed by atoms with Crippen molar-refractivity contribution >= 4 is 81.0 Å². The molecule has 4 amide bonds. The van der Waals surface area contributed by atoms with Gasteiger partial charge in [0.05, 0.1) is 66.8 Å². The minimum Gasteiger partial charge on any atom is -0.497 e. The molecule has 0 fully saturated rings. The van der Waals surface area contributed by atoms with E-state index < -0.39 is 94.8 Å². The molecule has 28 heteroatoms. The van der Waals surface area contributed by atoms with Gasteiger partial charge in [0.15, 0.2) is 17.5 Å². The number of fused-ring (bicyclic) bond motifs is 3. The number of urea groups is 2. The van der Waals surface area contributed by atoms with Crippen LogP contribution in [0.2, 0.25) is 16.6 Å². The zero-order chi connectivity index (χ0) is 71.5. The van der Waals surface area contributed by atoms with Crippen molar-refractivity contribution in [2.75, 3.05) is 49.8 Å². The number of aliphatic hydroxyl groups is 2. The largest absolute Gasteiger partial charge is 0.497 e. The van der Waals surface area contributed by atoms with E-state index in [4.69, 9.17) is 14.2 Å². The number of nitrogens with zero attached hydrogens (tertiary/aromatic N) is 3. The summed E-state index contributed by atoms with van der Waals surface area (Å²) in [5.41, 5.74) is 3.30. The lowest BCUT2D eigenvalue weighted by Gasteiger charge is -2.26. The van der Waals surface area contributed by atoms with Crippen LogP contribution in [0.15, 0.2) is 127 Å². The van der Waals surface area contributed by atoms with Crippen LogP contribution in [-0.2, 0) is 16.4 Å². The number of halogens is 6. The standard InChI is InChI=1S/C21H17F2N3O4S.C20H22F2N4O3.C20H22F2N4O2.C9H22Si/c1-30-12-4-2-5-13(10-12)31(28,29)26-17-8-7-16(22)18(19(17)23)20(27)15-11-25-21-14(15)6-3-9-24-21;1-3-4-7-23-20(28)26-15-6-5-14(21)16(17(15)22)18(27)13-10-25-19-12(13)8-11(29-2)9-24-19;1-3-4-7-23-20(27)26-17-6-5-16(21)15(18(17)22)8-12-10-24-19-14(12)9-13(28-2)11-25-19;1-7(2)10(8(3)4)9(5)6/h2-11,20,26-27H,1H3,(H,24,25);5-6,8-10,18,27H,3-4,7H2,1-2H3,(H,24,25)(H2,23,26,28);5-6,9-11H,3-4,7-8H2,1-2H3,(H,24,25)(H2,23,26,27);7-10H,1-6H3. The lowest BCUT2D eigenvalue weighted by atomic mass is 9.99. The van der Waals surface area contributed by atoms with E-state index in [2.05, 4.69) is 97.4 Å². The number of aromatic nitrogens is 6. The number of amides is 4. The van der Waals surface area contributed by atoms with Crippen LogP contribution in [0.25, 0.3) is 33.1 Å². The topological polar surface area (TPSA) is 283 Å². The number of anilines is 3. The zero-order valence-electron chi connectivity index (χ0n) is 56.2. The lowest BCUT2D eigenvalue weighted by molar-refractivity contribution is 0.210. The number of carbonyl (C=O) groups is 2. The summed E-state index contributed by atoms with van der Waals surface area (Å²) in [4.78, 5) is 44.7. The molecule has 0 aliphatic carbocycles. The van der Waals surface area contributed by atoms with Gasteiger partial charge in [-0.15, -0.1) is 0 Å². The molecule has 0 bridgehead atoms. The Morgan fingerprint density at radius 2 is 1.02 bits per heavy atom. The van der Waals surface area contributed by atoms with Crippen LogP contribution in [0.1, 0.15) is 127 Å². The van der Waals surface area contributed by atoms with Gasteiger partial charge in [-0.2, -0.15) is 0 Å². The van der Waals surface area contributed by atoms with Crippen molar-refractivity contribution in [2.24, 2.45) is 0 Å². The molecule has 0 radical (unpaired) electrons. The van der Waals surface area contributed by atoms with Crippen molar-refractivity contribution in [3.63, 3.8) is 0 Å².